The molecule has 0 saturated carbocycles. The van der Waals surface area contributed by atoms with Crippen LogP contribution in [-0.4, -0.2) is 53.3 Å². The molecule has 1 fully saturated rings. The summed E-state index contributed by atoms with van der Waals surface area (Å²) in [7, 11) is 1.87. The smallest absolute Gasteiger partial charge is 0.205 e. The SMILES string of the molecule is CNc1nnc(CN2CCN(c3ccccn3)CC2)s1. The minimum atomic E-state index is 0.882. The van der Waals surface area contributed by atoms with Crippen LogP contribution in [0, 0.1) is 0 Å². The maximum atomic E-state index is 4.40. The van der Waals surface area contributed by atoms with Gasteiger partial charge in [-0.3, -0.25) is 4.90 Å². The summed E-state index contributed by atoms with van der Waals surface area (Å²) in [6.45, 7) is 4.97. The van der Waals surface area contributed by atoms with Crippen molar-refractivity contribution in [2.45, 2.75) is 6.54 Å². The Balaban J connectivity index is 1.53. The summed E-state index contributed by atoms with van der Waals surface area (Å²) >= 11 is 1.62. The zero-order valence-electron chi connectivity index (χ0n) is 11.5. The molecule has 1 saturated heterocycles. The second kappa shape index (κ2) is 6.15. The highest BCUT2D eigenvalue weighted by atomic mass is 32.1. The quantitative estimate of drug-likeness (QED) is 0.916. The zero-order chi connectivity index (χ0) is 13.8. The molecule has 106 valence electrons. The Hall–Kier alpha value is -1.73. The molecule has 0 aromatic carbocycles. The van der Waals surface area contributed by atoms with Gasteiger partial charge in [0, 0.05) is 39.4 Å². The molecule has 3 rings (SSSR count). The van der Waals surface area contributed by atoms with Gasteiger partial charge in [0.1, 0.15) is 10.8 Å². The van der Waals surface area contributed by atoms with E-state index in [1.165, 1.54) is 0 Å². The molecule has 0 aliphatic carbocycles. The first kappa shape index (κ1) is 13.3. The Morgan fingerprint density at radius 1 is 1.20 bits per heavy atom. The molecule has 20 heavy (non-hydrogen) atoms. The highest BCUT2D eigenvalue weighted by Crippen LogP contribution is 2.18. The van der Waals surface area contributed by atoms with Crippen molar-refractivity contribution in [1.82, 2.24) is 20.1 Å². The van der Waals surface area contributed by atoms with E-state index >= 15 is 0 Å². The van der Waals surface area contributed by atoms with E-state index in [1.54, 1.807) is 11.3 Å². The number of hydrogen-bond donors (Lipinski definition) is 1. The van der Waals surface area contributed by atoms with Crippen LogP contribution in [0.25, 0.3) is 0 Å². The second-order valence-electron chi connectivity index (χ2n) is 4.70. The fraction of sp³-hybridized carbons (Fsp3) is 0.462. The Morgan fingerprint density at radius 2 is 2.05 bits per heavy atom. The summed E-state index contributed by atoms with van der Waals surface area (Å²) < 4.78 is 0. The molecule has 0 spiro atoms. The molecule has 0 atom stereocenters. The van der Waals surface area contributed by atoms with E-state index in [0.717, 1.165) is 48.7 Å². The van der Waals surface area contributed by atoms with Crippen molar-refractivity contribution in [2.75, 3.05) is 43.4 Å². The van der Waals surface area contributed by atoms with E-state index in [1.807, 2.05) is 25.4 Å². The van der Waals surface area contributed by atoms with E-state index in [4.69, 9.17) is 0 Å². The van der Waals surface area contributed by atoms with E-state index in [-0.39, 0.29) is 0 Å². The molecular weight excluding hydrogens is 272 g/mol. The van der Waals surface area contributed by atoms with E-state index in [2.05, 4.69) is 36.4 Å². The van der Waals surface area contributed by atoms with Crippen LogP contribution in [0.15, 0.2) is 24.4 Å². The van der Waals surface area contributed by atoms with Gasteiger partial charge in [0.2, 0.25) is 5.13 Å². The first-order valence-corrected chi connectivity index (χ1v) is 7.55. The lowest BCUT2D eigenvalue weighted by Crippen LogP contribution is -2.46. The molecule has 0 radical (unpaired) electrons. The number of nitrogens with one attached hydrogen (secondary N) is 1. The summed E-state index contributed by atoms with van der Waals surface area (Å²) in [6.07, 6.45) is 1.85. The van der Waals surface area contributed by atoms with Crippen LogP contribution in [0.3, 0.4) is 0 Å². The number of anilines is 2. The first-order valence-electron chi connectivity index (χ1n) is 6.73. The van der Waals surface area contributed by atoms with Crippen molar-refractivity contribution in [1.29, 1.82) is 0 Å². The highest BCUT2D eigenvalue weighted by Gasteiger charge is 2.19. The Labute approximate surface area is 122 Å². The van der Waals surface area contributed by atoms with E-state index in [0.29, 0.717) is 0 Å². The minimum Gasteiger partial charge on any atom is -0.363 e. The van der Waals surface area contributed by atoms with Gasteiger partial charge in [-0.05, 0) is 12.1 Å². The summed E-state index contributed by atoms with van der Waals surface area (Å²) in [5.41, 5.74) is 0. The molecule has 7 heteroatoms. The summed E-state index contributed by atoms with van der Waals surface area (Å²) in [6, 6.07) is 6.06. The number of hydrogen-bond acceptors (Lipinski definition) is 7. The fourth-order valence-corrected chi connectivity index (χ4v) is 3.02. The Kier molecular flexibility index (Phi) is 4.08. The molecule has 0 amide bonds. The number of nitrogens with zero attached hydrogens (tertiary/aromatic N) is 5. The molecule has 2 aromatic heterocycles. The van der Waals surface area contributed by atoms with Crippen LogP contribution in [-0.2, 0) is 6.54 Å². The Bertz CT molecular complexity index is 535. The maximum Gasteiger partial charge on any atom is 0.205 e. The lowest BCUT2D eigenvalue weighted by atomic mass is 10.3. The van der Waals surface area contributed by atoms with Crippen molar-refractivity contribution in [3.63, 3.8) is 0 Å². The standard InChI is InChI=1S/C13H18N6S/c1-14-13-17-16-12(20-13)10-18-6-8-19(9-7-18)11-4-2-3-5-15-11/h2-5H,6-10H2,1H3,(H,14,17). The van der Waals surface area contributed by atoms with Crippen molar-refractivity contribution in [3.8, 4) is 0 Å². The maximum absolute atomic E-state index is 4.40. The van der Waals surface area contributed by atoms with Gasteiger partial charge >= 0.3 is 0 Å². The molecule has 3 heterocycles. The molecule has 1 N–H and O–H groups in total. The van der Waals surface area contributed by atoms with Gasteiger partial charge in [0.05, 0.1) is 6.54 Å². The van der Waals surface area contributed by atoms with Gasteiger partial charge in [-0.25, -0.2) is 4.98 Å². The summed E-state index contributed by atoms with van der Waals surface area (Å²) in [5, 5.41) is 13.2. The average Bonchev–Trinajstić information content (AvgIpc) is 2.97. The van der Waals surface area contributed by atoms with Crippen molar-refractivity contribution in [3.05, 3.63) is 29.4 Å². The monoisotopic (exact) mass is 290 g/mol. The van der Waals surface area contributed by atoms with Crippen LogP contribution < -0.4 is 10.2 Å². The third-order valence-corrected chi connectivity index (χ3v) is 4.31. The van der Waals surface area contributed by atoms with Crippen LogP contribution in [0.1, 0.15) is 5.01 Å². The Morgan fingerprint density at radius 3 is 2.70 bits per heavy atom. The van der Waals surface area contributed by atoms with Crippen LogP contribution in [0.4, 0.5) is 10.9 Å². The van der Waals surface area contributed by atoms with E-state index < -0.39 is 0 Å². The van der Waals surface area contributed by atoms with Gasteiger partial charge in [-0.2, -0.15) is 0 Å². The lowest BCUT2D eigenvalue weighted by Gasteiger charge is -2.34. The molecule has 0 bridgehead atoms. The number of rotatable bonds is 4. The molecule has 1 aliphatic rings. The second-order valence-corrected chi connectivity index (χ2v) is 5.76. The van der Waals surface area contributed by atoms with Gasteiger partial charge in [-0.1, -0.05) is 17.4 Å². The molecule has 2 aromatic rings. The number of piperazine rings is 1. The van der Waals surface area contributed by atoms with E-state index in [9.17, 15) is 0 Å². The number of aromatic nitrogens is 3. The zero-order valence-corrected chi connectivity index (χ0v) is 12.3. The summed E-state index contributed by atoms with van der Waals surface area (Å²) in [5.74, 6) is 1.07. The lowest BCUT2D eigenvalue weighted by molar-refractivity contribution is 0.248. The number of pyridine rings is 1. The third kappa shape index (κ3) is 3.05. The largest absolute Gasteiger partial charge is 0.363 e. The fourth-order valence-electron chi connectivity index (χ4n) is 2.29. The van der Waals surface area contributed by atoms with Crippen molar-refractivity contribution in [2.24, 2.45) is 0 Å². The predicted octanol–water partition coefficient (Wildman–Crippen LogP) is 1.30. The molecule has 6 nitrogen and oxygen atoms in total. The van der Waals surface area contributed by atoms with Gasteiger partial charge in [-0.15, -0.1) is 10.2 Å². The highest BCUT2D eigenvalue weighted by molar-refractivity contribution is 7.15. The van der Waals surface area contributed by atoms with Crippen molar-refractivity contribution < 1.29 is 0 Å². The topological polar surface area (TPSA) is 57.2 Å². The molecular formula is C13H18N6S. The van der Waals surface area contributed by atoms with Crippen molar-refractivity contribution >= 4 is 22.3 Å². The first-order chi connectivity index (χ1) is 9.85. The van der Waals surface area contributed by atoms with Crippen LogP contribution >= 0.6 is 11.3 Å². The predicted molar refractivity (Wildman–Crippen MR) is 81.2 cm³/mol. The third-order valence-electron chi connectivity index (χ3n) is 3.39. The van der Waals surface area contributed by atoms with Gasteiger partial charge < -0.3 is 10.2 Å². The molecule has 0 unspecified atom stereocenters. The minimum absolute atomic E-state index is 0.882. The van der Waals surface area contributed by atoms with Gasteiger partial charge in [0.15, 0.2) is 0 Å². The normalized spacial score (nSPS) is 16.4. The van der Waals surface area contributed by atoms with Crippen LogP contribution in [0.2, 0.25) is 0 Å². The van der Waals surface area contributed by atoms with Crippen LogP contribution in [0.5, 0.6) is 0 Å². The average molecular weight is 290 g/mol. The van der Waals surface area contributed by atoms with Gasteiger partial charge in [0.25, 0.3) is 0 Å². The molecule has 1 aliphatic heterocycles. The summed E-state index contributed by atoms with van der Waals surface area (Å²) in [4.78, 5) is 9.15.